The maximum atomic E-state index is 12.0. The Bertz CT molecular complexity index is 703. The van der Waals surface area contributed by atoms with Gasteiger partial charge in [-0.2, -0.15) is 0 Å². The SMILES string of the molecule is CC1c2cc(OCCCCO)ccc2N=C2NC(=O)C(C(N)=O)N21. The number of amides is 2. The maximum Gasteiger partial charge on any atom is 0.259 e. The first-order valence-corrected chi connectivity index (χ1v) is 7.87. The van der Waals surface area contributed by atoms with Gasteiger partial charge in [0.2, 0.25) is 11.9 Å². The van der Waals surface area contributed by atoms with Crippen LogP contribution in [0.1, 0.15) is 31.4 Å². The minimum atomic E-state index is -1.05. The van der Waals surface area contributed by atoms with Gasteiger partial charge in [-0.25, -0.2) is 4.99 Å². The van der Waals surface area contributed by atoms with Gasteiger partial charge in [0, 0.05) is 12.2 Å². The first-order valence-electron chi connectivity index (χ1n) is 7.87. The molecule has 0 aromatic heterocycles. The van der Waals surface area contributed by atoms with Crippen molar-refractivity contribution in [1.29, 1.82) is 0 Å². The van der Waals surface area contributed by atoms with E-state index in [0.29, 0.717) is 24.7 Å². The molecule has 0 saturated carbocycles. The number of ether oxygens (including phenoxy) is 1. The second-order valence-electron chi connectivity index (χ2n) is 5.81. The topological polar surface area (TPSA) is 117 Å². The highest BCUT2D eigenvalue weighted by Gasteiger charge is 2.45. The Kier molecular flexibility index (Phi) is 4.39. The largest absolute Gasteiger partial charge is 0.494 e. The molecule has 2 heterocycles. The third-order valence-electron chi connectivity index (χ3n) is 4.19. The summed E-state index contributed by atoms with van der Waals surface area (Å²) < 4.78 is 5.68. The molecule has 0 spiro atoms. The van der Waals surface area contributed by atoms with E-state index in [1.807, 2.05) is 25.1 Å². The summed E-state index contributed by atoms with van der Waals surface area (Å²) in [4.78, 5) is 29.6. The third-order valence-corrected chi connectivity index (χ3v) is 4.19. The number of aliphatic hydroxyl groups is 1. The number of hydrogen-bond donors (Lipinski definition) is 3. The molecule has 0 aliphatic carbocycles. The Morgan fingerprint density at radius 1 is 1.46 bits per heavy atom. The summed E-state index contributed by atoms with van der Waals surface area (Å²) in [5.41, 5.74) is 6.95. The molecule has 2 aliphatic rings. The lowest BCUT2D eigenvalue weighted by molar-refractivity contribution is -0.131. The predicted octanol–water partition coefficient (Wildman–Crippen LogP) is 0.186. The van der Waals surface area contributed by atoms with Crippen molar-refractivity contribution in [3.63, 3.8) is 0 Å². The van der Waals surface area contributed by atoms with Crippen molar-refractivity contribution in [2.45, 2.75) is 31.8 Å². The Morgan fingerprint density at radius 2 is 2.25 bits per heavy atom. The molecule has 0 radical (unpaired) electrons. The first-order chi connectivity index (χ1) is 11.5. The number of benzene rings is 1. The number of nitrogens with two attached hydrogens (primary N) is 1. The number of hydrogen-bond acceptors (Lipinski definition) is 6. The van der Waals surface area contributed by atoms with E-state index in [9.17, 15) is 9.59 Å². The molecule has 24 heavy (non-hydrogen) atoms. The number of nitrogens with zero attached hydrogens (tertiary/aromatic N) is 2. The van der Waals surface area contributed by atoms with Gasteiger partial charge in [0.15, 0.2) is 6.04 Å². The normalized spacial score (nSPS) is 21.7. The molecule has 2 amide bonds. The number of nitrogens with one attached hydrogen (secondary N) is 1. The third kappa shape index (κ3) is 2.80. The fourth-order valence-corrected chi connectivity index (χ4v) is 2.98. The average molecular weight is 332 g/mol. The monoisotopic (exact) mass is 332 g/mol. The molecule has 8 heteroatoms. The molecule has 3 rings (SSSR count). The first kappa shape index (κ1) is 16.3. The van der Waals surface area contributed by atoms with Crippen LogP contribution in [0.3, 0.4) is 0 Å². The van der Waals surface area contributed by atoms with Crippen LogP contribution in [0.25, 0.3) is 0 Å². The van der Waals surface area contributed by atoms with E-state index in [4.69, 9.17) is 15.6 Å². The molecule has 0 bridgehead atoms. The fraction of sp³-hybridized carbons (Fsp3) is 0.438. The molecular weight excluding hydrogens is 312 g/mol. The standard InChI is InChI=1S/C16H20N4O4/c1-9-11-8-10(24-7-3-2-6-21)4-5-12(11)18-16-19-15(23)13(14(17)22)20(9)16/h4-5,8-9,13,21H,2-3,6-7H2,1H3,(H2,17,22)(H,18,19,23). The number of aliphatic hydroxyl groups excluding tert-OH is 1. The van der Waals surface area contributed by atoms with Crippen molar-refractivity contribution in [2.24, 2.45) is 10.7 Å². The van der Waals surface area contributed by atoms with Crippen LogP contribution in [0, 0.1) is 0 Å². The minimum absolute atomic E-state index is 0.145. The van der Waals surface area contributed by atoms with E-state index >= 15 is 0 Å². The Labute approximate surface area is 139 Å². The van der Waals surface area contributed by atoms with E-state index in [1.165, 1.54) is 0 Å². The second-order valence-corrected chi connectivity index (χ2v) is 5.81. The van der Waals surface area contributed by atoms with E-state index in [2.05, 4.69) is 10.3 Å². The summed E-state index contributed by atoms with van der Waals surface area (Å²) in [6, 6.07) is 4.19. The summed E-state index contributed by atoms with van der Waals surface area (Å²) in [5, 5.41) is 11.4. The number of primary amides is 1. The van der Waals surface area contributed by atoms with Crippen molar-refractivity contribution in [2.75, 3.05) is 13.2 Å². The van der Waals surface area contributed by atoms with Crippen molar-refractivity contribution in [3.8, 4) is 5.75 Å². The van der Waals surface area contributed by atoms with Gasteiger partial charge in [-0.3, -0.25) is 14.9 Å². The number of rotatable bonds is 6. The zero-order chi connectivity index (χ0) is 17.3. The van der Waals surface area contributed by atoms with Crippen LogP contribution < -0.4 is 15.8 Å². The average Bonchev–Trinajstić information content (AvgIpc) is 2.88. The van der Waals surface area contributed by atoms with E-state index in [1.54, 1.807) is 4.90 Å². The highest BCUT2D eigenvalue weighted by atomic mass is 16.5. The molecule has 2 aliphatic heterocycles. The molecule has 2 unspecified atom stereocenters. The van der Waals surface area contributed by atoms with E-state index in [0.717, 1.165) is 17.7 Å². The second kappa shape index (κ2) is 6.48. The number of carbonyl (C=O) groups excluding carboxylic acids is 2. The highest BCUT2D eigenvalue weighted by molar-refractivity contribution is 6.17. The quantitative estimate of drug-likeness (QED) is 0.508. The molecule has 128 valence electrons. The van der Waals surface area contributed by atoms with Gasteiger partial charge in [0.1, 0.15) is 5.75 Å². The van der Waals surface area contributed by atoms with Crippen molar-refractivity contribution in [3.05, 3.63) is 23.8 Å². The van der Waals surface area contributed by atoms with Gasteiger partial charge in [-0.05, 0) is 38.0 Å². The van der Waals surface area contributed by atoms with Gasteiger partial charge >= 0.3 is 0 Å². The molecule has 1 aromatic carbocycles. The number of unbranched alkanes of at least 4 members (excludes halogenated alkanes) is 1. The van der Waals surface area contributed by atoms with E-state index in [-0.39, 0.29) is 12.6 Å². The maximum absolute atomic E-state index is 12.0. The van der Waals surface area contributed by atoms with Crippen LogP contribution in [0.4, 0.5) is 5.69 Å². The minimum Gasteiger partial charge on any atom is -0.494 e. The number of carbonyl (C=O) groups is 2. The molecule has 1 saturated heterocycles. The summed E-state index contributed by atoms with van der Waals surface area (Å²) in [6.07, 6.45) is 1.45. The molecule has 2 atom stereocenters. The van der Waals surface area contributed by atoms with Crippen molar-refractivity contribution >= 4 is 23.5 Å². The smallest absolute Gasteiger partial charge is 0.259 e. The summed E-state index contributed by atoms with van der Waals surface area (Å²) in [5.74, 6) is -0.127. The molecular formula is C16H20N4O4. The number of guanidine groups is 1. The molecule has 8 nitrogen and oxygen atoms in total. The summed E-state index contributed by atoms with van der Waals surface area (Å²) >= 11 is 0. The molecule has 4 N–H and O–H groups in total. The van der Waals surface area contributed by atoms with Gasteiger partial charge in [0.25, 0.3) is 5.91 Å². The fourth-order valence-electron chi connectivity index (χ4n) is 2.98. The van der Waals surface area contributed by atoms with Gasteiger partial charge in [0.05, 0.1) is 18.3 Å². The van der Waals surface area contributed by atoms with Crippen LogP contribution >= 0.6 is 0 Å². The van der Waals surface area contributed by atoms with Crippen LogP contribution in [0.2, 0.25) is 0 Å². The van der Waals surface area contributed by atoms with Crippen LogP contribution in [-0.4, -0.2) is 47.0 Å². The lowest BCUT2D eigenvalue weighted by Crippen LogP contribution is -2.47. The van der Waals surface area contributed by atoms with Crippen LogP contribution in [0.15, 0.2) is 23.2 Å². The summed E-state index contributed by atoms with van der Waals surface area (Å²) in [6.45, 7) is 2.54. The Hall–Kier alpha value is -2.61. The van der Waals surface area contributed by atoms with Crippen molar-refractivity contribution in [1.82, 2.24) is 10.2 Å². The Balaban J connectivity index is 1.84. The van der Waals surface area contributed by atoms with Gasteiger partial charge in [-0.1, -0.05) is 0 Å². The zero-order valence-electron chi connectivity index (χ0n) is 13.4. The van der Waals surface area contributed by atoms with Crippen LogP contribution in [0.5, 0.6) is 5.75 Å². The lowest BCUT2D eigenvalue weighted by Gasteiger charge is -2.33. The lowest BCUT2D eigenvalue weighted by atomic mass is 10.0. The summed E-state index contributed by atoms with van der Waals surface area (Å²) in [7, 11) is 0. The Morgan fingerprint density at radius 3 is 2.96 bits per heavy atom. The van der Waals surface area contributed by atoms with Crippen molar-refractivity contribution < 1.29 is 19.4 Å². The molecule has 1 fully saturated rings. The molecule has 1 aromatic rings. The van der Waals surface area contributed by atoms with E-state index < -0.39 is 17.9 Å². The van der Waals surface area contributed by atoms with Gasteiger partial charge in [-0.15, -0.1) is 0 Å². The van der Waals surface area contributed by atoms with Gasteiger partial charge < -0.3 is 20.5 Å². The predicted molar refractivity (Wildman–Crippen MR) is 86.7 cm³/mol. The zero-order valence-corrected chi connectivity index (χ0v) is 13.4. The van der Waals surface area contributed by atoms with Crippen LogP contribution in [-0.2, 0) is 9.59 Å². The highest BCUT2D eigenvalue weighted by Crippen LogP contribution is 2.39. The number of fused-ring (bicyclic) bond motifs is 2. The number of aliphatic imine (C=N–C) groups is 1.